The molecule has 2 unspecified atom stereocenters. The van der Waals surface area contributed by atoms with Gasteiger partial charge in [0.1, 0.15) is 11.4 Å². The Morgan fingerprint density at radius 2 is 2.17 bits per heavy atom. The van der Waals surface area contributed by atoms with E-state index < -0.39 is 29.3 Å². The Morgan fingerprint density at radius 1 is 1.50 bits per heavy atom. The lowest BCUT2D eigenvalue weighted by molar-refractivity contribution is -0.147. The molecule has 1 heterocycles. The minimum absolute atomic E-state index is 0.266. The van der Waals surface area contributed by atoms with Crippen LogP contribution in [-0.4, -0.2) is 47.4 Å². The van der Waals surface area contributed by atoms with Crippen molar-refractivity contribution < 1.29 is 19.1 Å². The third-order valence-electron chi connectivity index (χ3n) is 2.66. The summed E-state index contributed by atoms with van der Waals surface area (Å²) in [5.74, 6) is -1.01. The number of likely N-dealkylation sites (tertiary alicyclic amines) is 1. The molecule has 1 rings (SSSR count). The number of alkyl halides is 1. The van der Waals surface area contributed by atoms with Gasteiger partial charge < -0.3 is 9.64 Å². The minimum atomic E-state index is -0.794. The molecule has 102 valence electrons. The molecule has 0 saturated carbocycles. The monoisotopic (exact) mass is 276 g/mol. The fourth-order valence-electron chi connectivity index (χ4n) is 1.77. The molecule has 1 aliphatic rings. The second-order valence-electron chi connectivity index (χ2n) is 4.01. The number of urea groups is 1. The van der Waals surface area contributed by atoms with Crippen molar-refractivity contribution in [2.24, 2.45) is 0 Å². The van der Waals surface area contributed by atoms with E-state index in [2.05, 4.69) is 5.32 Å². The molecule has 6 nitrogen and oxygen atoms in total. The zero-order valence-electron chi connectivity index (χ0n) is 10.4. The second kappa shape index (κ2) is 6.58. The number of esters is 1. The van der Waals surface area contributed by atoms with Crippen molar-refractivity contribution in [3.8, 4) is 0 Å². The average molecular weight is 277 g/mol. The van der Waals surface area contributed by atoms with Crippen LogP contribution >= 0.6 is 11.6 Å². The summed E-state index contributed by atoms with van der Waals surface area (Å²) in [7, 11) is 0. The zero-order chi connectivity index (χ0) is 13.7. The van der Waals surface area contributed by atoms with Crippen LogP contribution in [-0.2, 0) is 14.3 Å². The average Bonchev–Trinajstić information content (AvgIpc) is 2.77. The molecule has 2 atom stereocenters. The van der Waals surface area contributed by atoms with E-state index >= 15 is 0 Å². The van der Waals surface area contributed by atoms with Crippen molar-refractivity contribution in [2.45, 2.75) is 38.1 Å². The van der Waals surface area contributed by atoms with E-state index in [1.807, 2.05) is 0 Å². The van der Waals surface area contributed by atoms with E-state index in [1.165, 1.54) is 11.8 Å². The van der Waals surface area contributed by atoms with Crippen LogP contribution in [0.15, 0.2) is 0 Å². The Hall–Kier alpha value is -1.30. The van der Waals surface area contributed by atoms with Gasteiger partial charge in [-0.25, -0.2) is 9.59 Å². The van der Waals surface area contributed by atoms with Gasteiger partial charge >= 0.3 is 12.0 Å². The van der Waals surface area contributed by atoms with Crippen LogP contribution in [0.1, 0.15) is 26.7 Å². The summed E-state index contributed by atoms with van der Waals surface area (Å²) in [4.78, 5) is 36.1. The number of ether oxygens (including phenoxy) is 1. The topological polar surface area (TPSA) is 75.7 Å². The molecule has 0 aromatic carbocycles. The molecular formula is C11H17ClN2O4. The summed E-state index contributed by atoms with van der Waals surface area (Å²) < 4.78 is 4.89. The van der Waals surface area contributed by atoms with Crippen molar-refractivity contribution in [1.29, 1.82) is 0 Å². The Bertz CT molecular complexity index is 346. The summed E-state index contributed by atoms with van der Waals surface area (Å²) in [6.45, 7) is 3.87. The molecule has 0 radical (unpaired) electrons. The summed E-state index contributed by atoms with van der Waals surface area (Å²) in [5, 5.41) is 1.36. The lowest BCUT2D eigenvalue weighted by atomic mass is 10.2. The van der Waals surface area contributed by atoms with Crippen molar-refractivity contribution in [1.82, 2.24) is 10.2 Å². The molecule has 1 N–H and O–H groups in total. The second-order valence-corrected chi connectivity index (χ2v) is 4.67. The standard InChI is InChI=1S/C11H17ClN2O4/c1-3-18-10(16)8-5-4-6-14(8)11(17)13-9(15)7(2)12/h7-8H,3-6H2,1-2H3,(H,13,15,17). The molecule has 7 heteroatoms. The molecule has 3 amide bonds. The highest BCUT2D eigenvalue weighted by Gasteiger charge is 2.35. The van der Waals surface area contributed by atoms with E-state index in [1.54, 1.807) is 6.92 Å². The highest BCUT2D eigenvalue weighted by atomic mass is 35.5. The van der Waals surface area contributed by atoms with Gasteiger partial charge in [0.05, 0.1) is 6.61 Å². The van der Waals surface area contributed by atoms with Crippen molar-refractivity contribution in [3.63, 3.8) is 0 Å². The van der Waals surface area contributed by atoms with Crippen molar-refractivity contribution in [3.05, 3.63) is 0 Å². The molecule has 0 aliphatic carbocycles. The minimum Gasteiger partial charge on any atom is -0.464 e. The molecule has 1 aliphatic heterocycles. The molecule has 0 spiro atoms. The summed E-state index contributed by atoms with van der Waals surface area (Å²) in [6.07, 6.45) is 1.26. The zero-order valence-corrected chi connectivity index (χ0v) is 11.2. The molecule has 1 fully saturated rings. The predicted octanol–water partition coefficient (Wildman–Crippen LogP) is 0.877. The molecule has 0 aromatic rings. The fraction of sp³-hybridized carbons (Fsp3) is 0.727. The number of carbonyl (C=O) groups excluding carboxylic acids is 3. The quantitative estimate of drug-likeness (QED) is 0.613. The third-order valence-corrected chi connectivity index (χ3v) is 2.86. The number of hydrogen-bond donors (Lipinski definition) is 1. The SMILES string of the molecule is CCOC(=O)C1CCCN1C(=O)NC(=O)C(C)Cl. The first-order valence-corrected chi connectivity index (χ1v) is 6.33. The van der Waals surface area contributed by atoms with Crippen LogP contribution in [0.5, 0.6) is 0 Å². The maximum absolute atomic E-state index is 11.8. The first-order valence-electron chi connectivity index (χ1n) is 5.89. The number of rotatable bonds is 3. The van der Waals surface area contributed by atoms with Gasteiger partial charge in [-0.3, -0.25) is 10.1 Å². The first kappa shape index (κ1) is 14.8. The van der Waals surface area contributed by atoms with Gasteiger partial charge in [-0.2, -0.15) is 0 Å². The number of halogens is 1. The molecule has 0 bridgehead atoms. The van der Waals surface area contributed by atoms with Crippen molar-refractivity contribution >= 4 is 29.5 Å². The van der Waals surface area contributed by atoms with Gasteiger partial charge in [0.25, 0.3) is 0 Å². The first-order chi connectivity index (χ1) is 8.47. The summed E-state index contributed by atoms with van der Waals surface area (Å²) in [6, 6.07) is -1.20. The number of carbonyl (C=O) groups is 3. The molecular weight excluding hydrogens is 260 g/mol. The van der Waals surface area contributed by atoms with E-state index in [0.717, 1.165) is 0 Å². The summed E-state index contributed by atoms with van der Waals surface area (Å²) >= 11 is 5.55. The highest BCUT2D eigenvalue weighted by Crippen LogP contribution is 2.18. The largest absolute Gasteiger partial charge is 0.464 e. The smallest absolute Gasteiger partial charge is 0.328 e. The number of nitrogens with zero attached hydrogens (tertiary/aromatic N) is 1. The van der Waals surface area contributed by atoms with E-state index in [4.69, 9.17) is 16.3 Å². The summed E-state index contributed by atoms with van der Waals surface area (Å²) in [5.41, 5.74) is 0. The van der Waals surface area contributed by atoms with Gasteiger partial charge in [-0.1, -0.05) is 0 Å². The Labute approximate surface area is 111 Å². The van der Waals surface area contributed by atoms with Crippen LogP contribution in [0.4, 0.5) is 4.79 Å². The maximum Gasteiger partial charge on any atom is 0.328 e. The Morgan fingerprint density at radius 3 is 2.72 bits per heavy atom. The van der Waals surface area contributed by atoms with Gasteiger partial charge in [0.2, 0.25) is 5.91 Å². The van der Waals surface area contributed by atoms with Crippen LogP contribution in [0.3, 0.4) is 0 Å². The van der Waals surface area contributed by atoms with Crippen LogP contribution in [0.2, 0.25) is 0 Å². The van der Waals surface area contributed by atoms with E-state index in [0.29, 0.717) is 19.4 Å². The molecule has 18 heavy (non-hydrogen) atoms. The van der Waals surface area contributed by atoms with Gasteiger partial charge in [-0.05, 0) is 26.7 Å². The van der Waals surface area contributed by atoms with Crippen LogP contribution < -0.4 is 5.32 Å². The predicted molar refractivity (Wildman–Crippen MR) is 65.2 cm³/mol. The van der Waals surface area contributed by atoms with E-state index in [9.17, 15) is 14.4 Å². The number of hydrogen-bond acceptors (Lipinski definition) is 4. The number of nitrogens with one attached hydrogen (secondary N) is 1. The molecule has 1 saturated heterocycles. The lowest BCUT2D eigenvalue weighted by Crippen LogP contribution is -2.49. The Balaban J connectivity index is 2.61. The fourth-order valence-corrected chi connectivity index (χ4v) is 1.82. The van der Waals surface area contributed by atoms with E-state index in [-0.39, 0.29) is 6.61 Å². The maximum atomic E-state index is 11.8. The third kappa shape index (κ3) is 3.60. The normalized spacial score (nSPS) is 20.4. The Kier molecular flexibility index (Phi) is 5.40. The lowest BCUT2D eigenvalue weighted by Gasteiger charge is -2.23. The highest BCUT2D eigenvalue weighted by molar-refractivity contribution is 6.31. The van der Waals surface area contributed by atoms with Gasteiger partial charge in [0, 0.05) is 6.54 Å². The molecule has 0 aromatic heterocycles. The van der Waals surface area contributed by atoms with Crippen LogP contribution in [0.25, 0.3) is 0 Å². The van der Waals surface area contributed by atoms with Crippen LogP contribution in [0, 0.1) is 0 Å². The van der Waals surface area contributed by atoms with Gasteiger partial charge in [0.15, 0.2) is 0 Å². The number of amides is 3. The van der Waals surface area contributed by atoms with Gasteiger partial charge in [-0.15, -0.1) is 11.6 Å². The van der Waals surface area contributed by atoms with Crippen molar-refractivity contribution in [2.75, 3.05) is 13.2 Å². The number of imide groups is 1.